The predicted octanol–water partition coefficient (Wildman–Crippen LogP) is 10.2. The van der Waals surface area contributed by atoms with E-state index >= 15 is 0 Å². The van der Waals surface area contributed by atoms with Crippen LogP contribution in [0.1, 0.15) is 113 Å². The van der Waals surface area contributed by atoms with E-state index in [1.807, 2.05) is 0 Å². The van der Waals surface area contributed by atoms with E-state index in [1.165, 1.54) is 72.5 Å². The summed E-state index contributed by atoms with van der Waals surface area (Å²) in [5.41, 5.74) is 11.7. The molecule has 7 rings (SSSR count). The number of aromatic amines is 1. The number of aryl methyl sites for hydroxylation is 2. The molecule has 0 spiro atoms. The molecule has 1 nitrogen and oxygen atoms in total. The Labute approximate surface area is 230 Å². The van der Waals surface area contributed by atoms with Gasteiger partial charge in [-0.25, -0.2) is 0 Å². The lowest BCUT2D eigenvalue weighted by Crippen LogP contribution is -2.61. The number of aromatic nitrogens is 1. The molecular weight excluding hydrogens is 458 g/mol. The number of H-pyrrole nitrogens is 1. The Morgan fingerprint density at radius 3 is 2.53 bits per heavy atom. The molecule has 0 aliphatic heterocycles. The van der Waals surface area contributed by atoms with Crippen LogP contribution in [0.4, 0.5) is 0 Å². The zero-order valence-electron chi connectivity index (χ0n) is 24.8. The van der Waals surface area contributed by atoms with Crippen molar-refractivity contribution in [3.63, 3.8) is 0 Å². The molecule has 6 unspecified atom stereocenters. The van der Waals surface area contributed by atoms with Gasteiger partial charge in [-0.1, -0.05) is 83.0 Å². The fourth-order valence-electron chi connectivity index (χ4n) is 10.5. The van der Waals surface area contributed by atoms with E-state index in [0.717, 1.165) is 11.8 Å². The molecule has 0 amide bonds. The number of hydrogen-bond donors (Lipinski definition) is 1. The molecule has 1 heteroatoms. The molecule has 3 saturated carbocycles. The molecular formula is C37H47N. The van der Waals surface area contributed by atoms with Gasteiger partial charge in [-0.2, -0.15) is 0 Å². The molecule has 7 atom stereocenters. The van der Waals surface area contributed by atoms with Crippen molar-refractivity contribution in [3.8, 4) is 0 Å². The van der Waals surface area contributed by atoms with E-state index in [-0.39, 0.29) is 10.8 Å². The van der Waals surface area contributed by atoms with Gasteiger partial charge in [0.1, 0.15) is 0 Å². The van der Waals surface area contributed by atoms with Crippen LogP contribution in [0.3, 0.4) is 0 Å². The lowest BCUT2D eigenvalue weighted by atomic mass is 9.35. The summed E-state index contributed by atoms with van der Waals surface area (Å²) in [5.74, 6) is 2.01. The Hall–Kier alpha value is -2.28. The number of benzene rings is 2. The molecule has 3 fully saturated rings. The molecule has 4 aliphatic rings. The third kappa shape index (κ3) is 3.05. The minimum Gasteiger partial charge on any atom is -0.361 e. The summed E-state index contributed by atoms with van der Waals surface area (Å²) in [4.78, 5) is 3.65. The number of rotatable bonds is 1. The van der Waals surface area contributed by atoms with Crippen molar-refractivity contribution in [2.24, 2.45) is 28.1 Å². The largest absolute Gasteiger partial charge is 0.361 e. The van der Waals surface area contributed by atoms with Gasteiger partial charge in [0, 0.05) is 28.4 Å². The summed E-state index contributed by atoms with van der Waals surface area (Å²) in [6.07, 6.45) is 14.8. The normalized spacial score (nSPS) is 40.1. The zero-order valence-corrected chi connectivity index (χ0v) is 24.8. The van der Waals surface area contributed by atoms with Crippen molar-refractivity contribution in [1.82, 2.24) is 4.98 Å². The van der Waals surface area contributed by atoms with E-state index in [9.17, 15) is 0 Å². The second kappa shape index (κ2) is 7.89. The van der Waals surface area contributed by atoms with Gasteiger partial charge in [0.05, 0.1) is 0 Å². The molecule has 3 aromatic rings. The highest BCUT2D eigenvalue weighted by Crippen LogP contribution is 2.74. The Kier molecular flexibility index (Phi) is 5.14. The third-order valence-electron chi connectivity index (χ3n) is 13.0. The van der Waals surface area contributed by atoms with Crippen molar-refractivity contribution >= 4 is 10.9 Å². The highest BCUT2D eigenvalue weighted by atomic mass is 14.7. The molecule has 1 heterocycles. The van der Waals surface area contributed by atoms with E-state index in [0.29, 0.717) is 16.7 Å². The second-order valence-electron chi connectivity index (χ2n) is 15.1. The number of nitrogens with one attached hydrogen (secondary N) is 1. The van der Waals surface area contributed by atoms with E-state index < -0.39 is 0 Å². The Morgan fingerprint density at radius 2 is 1.71 bits per heavy atom. The molecule has 38 heavy (non-hydrogen) atoms. The van der Waals surface area contributed by atoms with Crippen LogP contribution in [0, 0.1) is 41.9 Å². The van der Waals surface area contributed by atoms with Crippen LogP contribution < -0.4 is 0 Å². The number of fused-ring (bicyclic) bond motifs is 8. The topological polar surface area (TPSA) is 15.8 Å². The van der Waals surface area contributed by atoms with E-state index in [1.54, 1.807) is 16.7 Å². The highest BCUT2D eigenvalue weighted by Gasteiger charge is 2.65. The summed E-state index contributed by atoms with van der Waals surface area (Å²) in [7, 11) is 0. The summed E-state index contributed by atoms with van der Waals surface area (Å²) in [6, 6.07) is 14.1. The van der Waals surface area contributed by atoms with Gasteiger partial charge in [0.2, 0.25) is 0 Å². The maximum Gasteiger partial charge on any atom is 0.0459 e. The first-order chi connectivity index (χ1) is 18.0. The summed E-state index contributed by atoms with van der Waals surface area (Å²) < 4.78 is 0. The molecule has 0 saturated heterocycles. The predicted molar refractivity (Wildman–Crippen MR) is 161 cm³/mol. The maximum atomic E-state index is 3.65. The summed E-state index contributed by atoms with van der Waals surface area (Å²) >= 11 is 0. The van der Waals surface area contributed by atoms with Crippen molar-refractivity contribution in [2.75, 3.05) is 0 Å². The van der Waals surface area contributed by atoms with Gasteiger partial charge in [-0.05, 0) is 114 Å². The average Bonchev–Trinajstić information content (AvgIpc) is 3.30. The van der Waals surface area contributed by atoms with Crippen LogP contribution in [0.2, 0.25) is 0 Å². The summed E-state index contributed by atoms with van der Waals surface area (Å²) in [5, 5.41) is 1.39. The molecule has 0 bridgehead atoms. The third-order valence-corrected chi connectivity index (χ3v) is 13.0. The fourth-order valence-corrected chi connectivity index (χ4v) is 10.5. The molecule has 200 valence electrons. The van der Waals surface area contributed by atoms with Gasteiger partial charge in [0.15, 0.2) is 0 Å². The highest BCUT2D eigenvalue weighted by molar-refractivity contribution is 5.85. The van der Waals surface area contributed by atoms with Gasteiger partial charge in [0.25, 0.3) is 0 Å². The zero-order chi connectivity index (χ0) is 26.7. The van der Waals surface area contributed by atoms with Gasteiger partial charge in [-0.3, -0.25) is 0 Å². The van der Waals surface area contributed by atoms with Crippen LogP contribution in [-0.2, 0) is 5.41 Å². The standard InChI is InChI=1S/C37H47N/c1-23-11-12-26-28(22-38-30(26)19-23)27-21-32-35(5,29-10-8-9-25(3)33(27)29)16-18-36(6)31-20-24(2)13-14-34(31,4)15-17-37(32,36)7/h8-12,19,21-22,24,27,31,38H,13-18,20H2,1-7H3/t24?,27?,31?,34?,35?,36-,37?/m0/s1. The van der Waals surface area contributed by atoms with Gasteiger partial charge >= 0.3 is 0 Å². The van der Waals surface area contributed by atoms with Crippen LogP contribution in [-0.4, -0.2) is 4.98 Å². The van der Waals surface area contributed by atoms with Crippen molar-refractivity contribution in [3.05, 3.63) is 82.1 Å². The lowest BCUT2D eigenvalue weighted by molar-refractivity contribution is -0.145. The fraction of sp³-hybridized carbons (Fsp3) is 0.568. The Balaban J connectivity index is 1.45. The van der Waals surface area contributed by atoms with Crippen LogP contribution in [0.25, 0.3) is 10.9 Å². The Morgan fingerprint density at radius 1 is 0.895 bits per heavy atom. The van der Waals surface area contributed by atoms with Crippen molar-refractivity contribution in [2.45, 2.75) is 105 Å². The number of hydrogen-bond acceptors (Lipinski definition) is 0. The lowest BCUT2D eigenvalue weighted by Gasteiger charge is -2.69. The van der Waals surface area contributed by atoms with Crippen LogP contribution >= 0.6 is 0 Å². The first-order valence-electron chi connectivity index (χ1n) is 15.4. The smallest absolute Gasteiger partial charge is 0.0459 e. The maximum absolute atomic E-state index is 3.65. The summed E-state index contributed by atoms with van der Waals surface area (Å²) in [6.45, 7) is 17.8. The Bertz CT molecular complexity index is 1470. The molecule has 0 radical (unpaired) electrons. The van der Waals surface area contributed by atoms with Crippen molar-refractivity contribution < 1.29 is 0 Å². The van der Waals surface area contributed by atoms with Gasteiger partial charge < -0.3 is 4.98 Å². The first-order valence-corrected chi connectivity index (χ1v) is 15.4. The van der Waals surface area contributed by atoms with Gasteiger partial charge in [-0.15, -0.1) is 0 Å². The van der Waals surface area contributed by atoms with E-state index in [2.05, 4.69) is 102 Å². The average molecular weight is 506 g/mol. The monoisotopic (exact) mass is 505 g/mol. The quantitative estimate of drug-likeness (QED) is 0.317. The molecule has 1 N–H and O–H groups in total. The molecule has 2 aromatic carbocycles. The number of allylic oxidation sites excluding steroid dienone is 2. The second-order valence-corrected chi connectivity index (χ2v) is 15.1. The van der Waals surface area contributed by atoms with E-state index in [4.69, 9.17) is 0 Å². The molecule has 4 aliphatic carbocycles. The van der Waals surface area contributed by atoms with Crippen LogP contribution in [0.15, 0.2) is 54.2 Å². The SMILES string of the molecule is Cc1ccc2c(C3C=C4C(C)(CC[C@@]5(C)C6CC(C)CCC6(C)CCC45C)c4cccc(C)c43)c[nH]c2c1. The van der Waals surface area contributed by atoms with Crippen molar-refractivity contribution in [1.29, 1.82) is 0 Å². The minimum absolute atomic E-state index is 0.128. The first kappa shape index (κ1) is 24.7. The van der Waals surface area contributed by atoms with Crippen LogP contribution in [0.5, 0.6) is 0 Å². The molecule has 1 aromatic heterocycles. The minimum atomic E-state index is 0.128.